The molecular weight excluding hydrogens is 366 g/mol. The molecule has 1 heterocycles. The van der Waals surface area contributed by atoms with E-state index in [9.17, 15) is 9.59 Å². The first-order valence-electron chi connectivity index (χ1n) is 10.2. The molecule has 2 aromatic carbocycles. The fourth-order valence-corrected chi connectivity index (χ4v) is 3.62. The van der Waals surface area contributed by atoms with Gasteiger partial charge in [0.25, 0.3) is 0 Å². The minimum Gasteiger partial charge on any atom is -0.497 e. The monoisotopic (exact) mass is 395 g/mol. The Bertz CT molecular complexity index is 849. The summed E-state index contributed by atoms with van der Waals surface area (Å²) < 4.78 is 5.10. The van der Waals surface area contributed by atoms with Crippen molar-refractivity contribution in [2.24, 2.45) is 0 Å². The average molecular weight is 396 g/mol. The summed E-state index contributed by atoms with van der Waals surface area (Å²) in [6.45, 7) is 5.05. The number of carbonyl (C=O) groups is 2. The highest BCUT2D eigenvalue weighted by atomic mass is 16.5. The maximum atomic E-state index is 12.0. The fourth-order valence-electron chi connectivity index (χ4n) is 3.62. The van der Waals surface area contributed by atoms with Crippen molar-refractivity contribution in [2.75, 3.05) is 31.6 Å². The zero-order valence-corrected chi connectivity index (χ0v) is 17.2. The topological polar surface area (TPSA) is 70.7 Å². The van der Waals surface area contributed by atoms with E-state index >= 15 is 0 Å². The Balaban J connectivity index is 1.43. The number of nitrogens with one attached hydrogen (secondary N) is 2. The van der Waals surface area contributed by atoms with E-state index in [1.165, 1.54) is 23.2 Å². The minimum atomic E-state index is -0.621. The van der Waals surface area contributed by atoms with Crippen molar-refractivity contribution < 1.29 is 14.3 Å². The molecular formula is C23H29N3O3. The maximum absolute atomic E-state index is 12.0. The summed E-state index contributed by atoms with van der Waals surface area (Å²) >= 11 is 0. The van der Waals surface area contributed by atoms with Gasteiger partial charge in [0.05, 0.1) is 7.11 Å². The van der Waals surface area contributed by atoms with Crippen LogP contribution >= 0.6 is 0 Å². The molecule has 0 aliphatic carbocycles. The number of aryl methyl sites for hydroxylation is 1. The van der Waals surface area contributed by atoms with Gasteiger partial charge in [0, 0.05) is 31.9 Å². The highest BCUT2D eigenvalue weighted by Gasteiger charge is 2.16. The Hall–Kier alpha value is -3.02. The Labute approximate surface area is 172 Å². The van der Waals surface area contributed by atoms with E-state index in [0.717, 1.165) is 30.8 Å². The van der Waals surface area contributed by atoms with Crippen LogP contribution in [0.2, 0.25) is 0 Å². The average Bonchev–Trinajstić information content (AvgIpc) is 2.77. The molecule has 6 nitrogen and oxygen atoms in total. The predicted octanol–water partition coefficient (Wildman–Crippen LogP) is 2.44. The van der Waals surface area contributed by atoms with Crippen molar-refractivity contribution in [3.8, 4) is 5.75 Å². The van der Waals surface area contributed by atoms with Crippen LogP contribution in [0, 0.1) is 0 Å². The molecule has 0 saturated carbocycles. The van der Waals surface area contributed by atoms with Crippen LogP contribution in [0.15, 0.2) is 42.5 Å². The number of fused-ring (bicyclic) bond motifs is 1. The van der Waals surface area contributed by atoms with Crippen molar-refractivity contribution >= 4 is 17.5 Å². The second-order valence-electron chi connectivity index (χ2n) is 7.18. The summed E-state index contributed by atoms with van der Waals surface area (Å²) in [5, 5.41) is 5.34. The number of ether oxygens (including phenoxy) is 1. The summed E-state index contributed by atoms with van der Waals surface area (Å²) in [5.41, 5.74) is 4.78. The van der Waals surface area contributed by atoms with E-state index in [4.69, 9.17) is 4.74 Å². The molecule has 2 aromatic rings. The van der Waals surface area contributed by atoms with Gasteiger partial charge in [-0.05, 0) is 61.1 Å². The zero-order chi connectivity index (χ0) is 20.6. The fraction of sp³-hybridized carbons (Fsp3) is 0.391. The number of hydrogen-bond acceptors (Lipinski definition) is 4. The van der Waals surface area contributed by atoms with Crippen LogP contribution in [0.3, 0.4) is 0 Å². The van der Waals surface area contributed by atoms with Crippen LogP contribution in [-0.2, 0) is 29.0 Å². The lowest BCUT2D eigenvalue weighted by atomic mass is 9.98. The molecule has 0 spiro atoms. The van der Waals surface area contributed by atoms with Gasteiger partial charge in [0.15, 0.2) is 0 Å². The van der Waals surface area contributed by atoms with Gasteiger partial charge in [-0.15, -0.1) is 0 Å². The van der Waals surface area contributed by atoms with E-state index in [0.29, 0.717) is 19.5 Å². The zero-order valence-electron chi connectivity index (χ0n) is 17.2. The molecule has 1 aliphatic rings. The van der Waals surface area contributed by atoms with E-state index in [1.807, 2.05) is 24.3 Å². The van der Waals surface area contributed by atoms with Crippen molar-refractivity contribution in [1.82, 2.24) is 10.6 Å². The number of anilines is 1. The van der Waals surface area contributed by atoms with Crippen LogP contribution in [0.5, 0.6) is 5.75 Å². The highest BCUT2D eigenvalue weighted by molar-refractivity contribution is 6.35. The largest absolute Gasteiger partial charge is 0.497 e. The van der Waals surface area contributed by atoms with Crippen LogP contribution in [0.1, 0.15) is 30.0 Å². The van der Waals surface area contributed by atoms with Crippen LogP contribution in [0.25, 0.3) is 0 Å². The van der Waals surface area contributed by atoms with Gasteiger partial charge in [-0.2, -0.15) is 0 Å². The molecule has 0 saturated heterocycles. The quantitative estimate of drug-likeness (QED) is 0.707. The van der Waals surface area contributed by atoms with E-state index in [2.05, 4.69) is 40.7 Å². The third-order valence-electron chi connectivity index (χ3n) is 5.26. The number of rotatable bonds is 7. The number of benzene rings is 2. The summed E-state index contributed by atoms with van der Waals surface area (Å²) in [6.07, 6.45) is 2.98. The van der Waals surface area contributed by atoms with Gasteiger partial charge in [0.2, 0.25) is 0 Å². The smallest absolute Gasteiger partial charge is 0.309 e. The standard InChI is InChI=1S/C23H29N3O3/c1-3-26-14-4-5-19-15-17(8-11-21(19)26)12-13-24-22(27)23(28)25-16-18-6-9-20(29-2)10-7-18/h6-11,15H,3-5,12-14,16H2,1-2H3,(H,24,27)(H,25,28). The number of hydrogen-bond donors (Lipinski definition) is 2. The van der Waals surface area contributed by atoms with Gasteiger partial charge >= 0.3 is 11.8 Å². The van der Waals surface area contributed by atoms with Crippen molar-refractivity contribution in [2.45, 2.75) is 32.7 Å². The summed E-state index contributed by atoms with van der Waals surface area (Å²) in [6, 6.07) is 13.9. The molecule has 29 heavy (non-hydrogen) atoms. The van der Waals surface area contributed by atoms with Crippen LogP contribution < -0.4 is 20.3 Å². The number of methoxy groups -OCH3 is 1. The molecule has 154 valence electrons. The molecule has 2 N–H and O–H groups in total. The van der Waals surface area contributed by atoms with Gasteiger partial charge < -0.3 is 20.3 Å². The Morgan fingerprint density at radius 2 is 1.76 bits per heavy atom. The van der Waals surface area contributed by atoms with Crippen molar-refractivity contribution in [3.05, 3.63) is 59.2 Å². The van der Waals surface area contributed by atoms with E-state index in [1.54, 1.807) is 7.11 Å². The molecule has 0 atom stereocenters. The first kappa shape index (κ1) is 20.7. The molecule has 0 radical (unpaired) electrons. The second-order valence-corrected chi connectivity index (χ2v) is 7.18. The Morgan fingerprint density at radius 3 is 2.48 bits per heavy atom. The molecule has 2 amide bonds. The number of carbonyl (C=O) groups excluding carboxylic acids is 2. The first-order valence-corrected chi connectivity index (χ1v) is 10.2. The SMILES string of the molecule is CCN1CCCc2cc(CCNC(=O)C(=O)NCc3ccc(OC)cc3)ccc21. The molecule has 0 unspecified atom stereocenters. The van der Waals surface area contributed by atoms with Crippen LogP contribution in [0.4, 0.5) is 5.69 Å². The number of nitrogens with zero attached hydrogens (tertiary/aromatic N) is 1. The maximum Gasteiger partial charge on any atom is 0.309 e. The van der Waals surface area contributed by atoms with E-state index < -0.39 is 11.8 Å². The Kier molecular flexibility index (Phi) is 7.11. The lowest BCUT2D eigenvalue weighted by molar-refractivity contribution is -0.139. The van der Waals surface area contributed by atoms with Crippen molar-refractivity contribution in [1.29, 1.82) is 0 Å². The van der Waals surface area contributed by atoms with E-state index in [-0.39, 0.29) is 0 Å². The number of amides is 2. The predicted molar refractivity (Wildman–Crippen MR) is 114 cm³/mol. The van der Waals surface area contributed by atoms with Gasteiger partial charge in [-0.1, -0.05) is 24.3 Å². The Morgan fingerprint density at radius 1 is 1.03 bits per heavy atom. The normalized spacial score (nSPS) is 12.8. The van der Waals surface area contributed by atoms with Gasteiger partial charge in [-0.3, -0.25) is 9.59 Å². The van der Waals surface area contributed by atoms with Crippen molar-refractivity contribution in [3.63, 3.8) is 0 Å². The molecule has 1 aliphatic heterocycles. The highest BCUT2D eigenvalue weighted by Crippen LogP contribution is 2.27. The third kappa shape index (κ3) is 5.50. The molecule has 6 heteroatoms. The summed E-state index contributed by atoms with van der Waals surface area (Å²) in [5.74, 6) is -0.471. The summed E-state index contributed by atoms with van der Waals surface area (Å²) in [4.78, 5) is 26.4. The second kappa shape index (κ2) is 9.96. The van der Waals surface area contributed by atoms with Crippen LogP contribution in [-0.4, -0.2) is 38.6 Å². The van der Waals surface area contributed by atoms with Gasteiger partial charge in [0.1, 0.15) is 5.75 Å². The minimum absolute atomic E-state index is 0.301. The molecule has 3 rings (SSSR count). The lowest BCUT2D eigenvalue weighted by Crippen LogP contribution is -2.40. The molecule has 0 fully saturated rings. The van der Waals surface area contributed by atoms with Gasteiger partial charge in [-0.25, -0.2) is 0 Å². The molecule has 0 aromatic heterocycles. The summed E-state index contributed by atoms with van der Waals surface area (Å²) in [7, 11) is 1.60. The lowest BCUT2D eigenvalue weighted by Gasteiger charge is -2.30. The first-order chi connectivity index (χ1) is 14.1. The molecule has 0 bridgehead atoms. The third-order valence-corrected chi connectivity index (χ3v) is 5.26.